The monoisotopic (exact) mass is 325 g/mol. The molecule has 0 spiro atoms. The number of halogens is 2. The molecule has 1 aliphatic carbocycles. The topological polar surface area (TPSA) is 44.4 Å². The van der Waals surface area contributed by atoms with E-state index in [1.165, 1.54) is 19.4 Å². The van der Waals surface area contributed by atoms with Crippen LogP contribution in [0.25, 0.3) is 0 Å². The van der Waals surface area contributed by atoms with E-state index in [1.54, 1.807) is 0 Å². The van der Waals surface area contributed by atoms with Crippen LogP contribution in [-0.4, -0.2) is 50.1 Å². The van der Waals surface area contributed by atoms with Crippen molar-refractivity contribution in [1.29, 1.82) is 0 Å². The quantitative estimate of drug-likeness (QED) is 0.781. The van der Waals surface area contributed by atoms with Gasteiger partial charge in [-0.25, -0.2) is 0 Å². The standard InChI is InChI=1S/C14H27N3O.2ClH/c1-11(9-15-2)14(18)16-13-5-7-17(8-6-13)10-12-3-4-12;;/h11-13,15H,3-10H2,1-2H3,(H,16,18);2*1H. The van der Waals surface area contributed by atoms with Crippen molar-refractivity contribution in [2.45, 2.75) is 38.6 Å². The second-order valence-electron chi connectivity index (χ2n) is 5.99. The normalized spacial score (nSPS) is 21.5. The van der Waals surface area contributed by atoms with E-state index in [0.717, 1.165) is 38.4 Å². The zero-order valence-corrected chi connectivity index (χ0v) is 14.2. The average Bonchev–Trinajstić information content (AvgIpc) is 3.16. The van der Waals surface area contributed by atoms with E-state index in [0.29, 0.717) is 6.04 Å². The Morgan fingerprint density at radius 2 is 1.80 bits per heavy atom. The molecule has 1 aliphatic heterocycles. The summed E-state index contributed by atoms with van der Waals surface area (Å²) in [7, 11) is 1.89. The summed E-state index contributed by atoms with van der Waals surface area (Å²) >= 11 is 0. The molecule has 2 rings (SSSR count). The molecule has 1 heterocycles. The number of hydrogen-bond acceptors (Lipinski definition) is 3. The van der Waals surface area contributed by atoms with E-state index in [1.807, 2.05) is 14.0 Å². The molecule has 0 aromatic rings. The van der Waals surface area contributed by atoms with Crippen molar-refractivity contribution in [2.24, 2.45) is 11.8 Å². The maximum atomic E-state index is 11.9. The number of likely N-dealkylation sites (tertiary alicyclic amines) is 1. The Bertz CT molecular complexity index is 280. The van der Waals surface area contributed by atoms with E-state index in [4.69, 9.17) is 0 Å². The number of carbonyl (C=O) groups is 1. The first-order chi connectivity index (χ1) is 8.69. The molecule has 1 saturated carbocycles. The zero-order valence-electron chi connectivity index (χ0n) is 12.6. The smallest absolute Gasteiger partial charge is 0.224 e. The molecular formula is C14H29Cl2N3O. The third-order valence-electron chi connectivity index (χ3n) is 4.11. The van der Waals surface area contributed by atoms with Gasteiger partial charge in [-0.05, 0) is 38.6 Å². The van der Waals surface area contributed by atoms with Gasteiger partial charge in [-0.2, -0.15) is 0 Å². The number of nitrogens with one attached hydrogen (secondary N) is 2. The van der Waals surface area contributed by atoms with Crippen molar-refractivity contribution < 1.29 is 4.79 Å². The molecule has 20 heavy (non-hydrogen) atoms. The van der Waals surface area contributed by atoms with Crippen LogP contribution in [0.3, 0.4) is 0 Å². The molecule has 120 valence electrons. The number of hydrogen-bond donors (Lipinski definition) is 2. The maximum absolute atomic E-state index is 11.9. The van der Waals surface area contributed by atoms with Crippen LogP contribution in [0.2, 0.25) is 0 Å². The lowest BCUT2D eigenvalue weighted by atomic mass is 10.0. The van der Waals surface area contributed by atoms with Crippen LogP contribution in [0.15, 0.2) is 0 Å². The highest BCUT2D eigenvalue weighted by molar-refractivity contribution is 5.85. The Kier molecular flexibility index (Phi) is 9.81. The Morgan fingerprint density at radius 1 is 1.20 bits per heavy atom. The minimum Gasteiger partial charge on any atom is -0.353 e. The first-order valence-electron chi connectivity index (χ1n) is 7.36. The maximum Gasteiger partial charge on any atom is 0.224 e. The third-order valence-corrected chi connectivity index (χ3v) is 4.11. The molecule has 4 nitrogen and oxygen atoms in total. The number of carbonyl (C=O) groups excluding carboxylic acids is 1. The molecule has 0 radical (unpaired) electrons. The summed E-state index contributed by atoms with van der Waals surface area (Å²) in [6, 6.07) is 0.396. The lowest BCUT2D eigenvalue weighted by Crippen LogP contribution is -2.47. The molecule has 1 atom stereocenters. The molecular weight excluding hydrogens is 297 g/mol. The van der Waals surface area contributed by atoms with Crippen LogP contribution < -0.4 is 10.6 Å². The first-order valence-corrected chi connectivity index (χ1v) is 7.36. The van der Waals surface area contributed by atoms with Gasteiger partial charge in [0.15, 0.2) is 0 Å². The summed E-state index contributed by atoms with van der Waals surface area (Å²) in [6.45, 7) is 6.33. The molecule has 2 N–H and O–H groups in total. The van der Waals surface area contributed by atoms with Crippen LogP contribution in [0.1, 0.15) is 32.6 Å². The molecule has 1 amide bonds. The number of rotatable bonds is 6. The summed E-state index contributed by atoms with van der Waals surface area (Å²) < 4.78 is 0. The van der Waals surface area contributed by atoms with E-state index < -0.39 is 0 Å². The average molecular weight is 326 g/mol. The second-order valence-corrected chi connectivity index (χ2v) is 5.99. The lowest BCUT2D eigenvalue weighted by molar-refractivity contribution is -0.125. The summed E-state index contributed by atoms with van der Waals surface area (Å²) in [5, 5.41) is 6.24. The SMILES string of the molecule is CNCC(C)C(=O)NC1CCN(CC2CC2)CC1.Cl.Cl. The number of nitrogens with zero attached hydrogens (tertiary/aromatic N) is 1. The van der Waals surface area contributed by atoms with Crippen molar-refractivity contribution in [3.8, 4) is 0 Å². The number of piperidine rings is 1. The van der Waals surface area contributed by atoms with Gasteiger partial charge < -0.3 is 15.5 Å². The Balaban J connectivity index is 0.00000180. The summed E-state index contributed by atoms with van der Waals surface area (Å²) in [5.41, 5.74) is 0. The Morgan fingerprint density at radius 3 is 2.30 bits per heavy atom. The predicted molar refractivity (Wildman–Crippen MR) is 87.9 cm³/mol. The molecule has 1 unspecified atom stereocenters. The summed E-state index contributed by atoms with van der Waals surface area (Å²) in [5.74, 6) is 1.25. The zero-order chi connectivity index (χ0) is 13.0. The highest BCUT2D eigenvalue weighted by Crippen LogP contribution is 2.30. The highest BCUT2D eigenvalue weighted by atomic mass is 35.5. The van der Waals surface area contributed by atoms with E-state index in [9.17, 15) is 4.79 Å². The van der Waals surface area contributed by atoms with Gasteiger partial charge in [0.1, 0.15) is 0 Å². The van der Waals surface area contributed by atoms with Crippen LogP contribution in [0.5, 0.6) is 0 Å². The minimum absolute atomic E-state index is 0. The molecule has 2 aliphatic rings. The van der Waals surface area contributed by atoms with Crippen molar-refractivity contribution in [2.75, 3.05) is 33.2 Å². The van der Waals surface area contributed by atoms with Crippen molar-refractivity contribution >= 4 is 30.7 Å². The van der Waals surface area contributed by atoms with Gasteiger partial charge in [0.25, 0.3) is 0 Å². The van der Waals surface area contributed by atoms with Crippen molar-refractivity contribution in [3.05, 3.63) is 0 Å². The van der Waals surface area contributed by atoms with Gasteiger partial charge in [-0.15, -0.1) is 24.8 Å². The van der Waals surface area contributed by atoms with E-state index in [2.05, 4.69) is 15.5 Å². The third kappa shape index (κ3) is 6.61. The van der Waals surface area contributed by atoms with Crippen molar-refractivity contribution in [1.82, 2.24) is 15.5 Å². The molecule has 6 heteroatoms. The fraction of sp³-hybridized carbons (Fsp3) is 0.929. The van der Waals surface area contributed by atoms with Gasteiger partial charge >= 0.3 is 0 Å². The molecule has 0 bridgehead atoms. The molecule has 1 saturated heterocycles. The Labute approximate surface area is 135 Å². The lowest BCUT2D eigenvalue weighted by Gasteiger charge is -2.32. The van der Waals surface area contributed by atoms with E-state index >= 15 is 0 Å². The van der Waals surface area contributed by atoms with Crippen LogP contribution >= 0.6 is 24.8 Å². The van der Waals surface area contributed by atoms with Crippen molar-refractivity contribution in [3.63, 3.8) is 0 Å². The van der Waals surface area contributed by atoms with Gasteiger partial charge in [0.05, 0.1) is 0 Å². The predicted octanol–water partition coefficient (Wildman–Crippen LogP) is 1.68. The van der Waals surface area contributed by atoms with Crippen LogP contribution in [0.4, 0.5) is 0 Å². The van der Waals surface area contributed by atoms with Gasteiger partial charge in [0.2, 0.25) is 5.91 Å². The molecule has 2 fully saturated rings. The highest BCUT2D eigenvalue weighted by Gasteiger charge is 2.27. The first kappa shape index (κ1) is 20.0. The fourth-order valence-electron chi connectivity index (χ4n) is 2.67. The van der Waals surface area contributed by atoms with Gasteiger partial charge in [-0.1, -0.05) is 6.92 Å². The Hall–Kier alpha value is -0.0300. The minimum atomic E-state index is 0. The summed E-state index contributed by atoms with van der Waals surface area (Å²) in [6.07, 6.45) is 5.09. The fourth-order valence-corrected chi connectivity index (χ4v) is 2.67. The van der Waals surface area contributed by atoms with Gasteiger partial charge in [0, 0.05) is 38.1 Å². The number of amides is 1. The van der Waals surface area contributed by atoms with E-state index in [-0.39, 0.29) is 36.6 Å². The second kappa shape index (κ2) is 9.82. The largest absolute Gasteiger partial charge is 0.353 e. The van der Waals surface area contributed by atoms with Crippen LogP contribution in [-0.2, 0) is 4.79 Å². The molecule has 0 aromatic heterocycles. The summed E-state index contributed by atoms with van der Waals surface area (Å²) in [4.78, 5) is 14.5. The van der Waals surface area contributed by atoms with Gasteiger partial charge in [-0.3, -0.25) is 4.79 Å². The van der Waals surface area contributed by atoms with Crippen LogP contribution in [0, 0.1) is 11.8 Å². The molecule has 0 aromatic carbocycles.